The quantitative estimate of drug-likeness (QED) is 0.470. The number of imide groups is 1. The molecule has 4 rings (SSSR count). The third-order valence-electron chi connectivity index (χ3n) is 6.76. The van der Waals surface area contributed by atoms with E-state index < -0.39 is 5.41 Å². The number of carbonyl (C=O) groups is 3. The lowest BCUT2D eigenvalue weighted by Gasteiger charge is -2.30. The lowest BCUT2D eigenvalue weighted by molar-refractivity contribution is -0.143. The van der Waals surface area contributed by atoms with Crippen molar-refractivity contribution >= 4 is 17.7 Å². The van der Waals surface area contributed by atoms with E-state index in [0.29, 0.717) is 13.1 Å². The van der Waals surface area contributed by atoms with Gasteiger partial charge in [0.05, 0.1) is 24.2 Å². The van der Waals surface area contributed by atoms with Crippen molar-refractivity contribution in [2.45, 2.75) is 52.1 Å². The molecule has 1 fully saturated rings. The molecule has 1 aliphatic heterocycles. The highest BCUT2D eigenvalue weighted by Gasteiger charge is 2.54. The van der Waals surface area contributed by atoms with E-state index >= 15 is 0 Å². The Labute approximate surface area is 205 Å². The van der Waals surface area contributed by atoms with E-state index in [1.54, 1.807) is 30.4 Å². The molecular formula is C27H31N5O3. The van der Waals surface area contributed by atoms with Crippen LogP contribution in [-0.4, -0.2) is 55.9 Å². The second kappa shape index (κ2) is 9.82. The molecule has 0 saturated carbocycles. The van der Waals surface area contributed by atoms with Crippen LogP contribution in [0.2, 0.25) is 0 Å². The normalized spacial score (nSPS) is 17.8. The summed E-state index contributed by atoms with van der Waals surface area (Å²) in [6.07, 6.45) is 3.19. The second-order valence-corrected chi connectivity index (χ2v) is 9.36. The van der Waals surface area contributed by atoms with Crippen LogP contribution in [-0.2, 0) is 32.9 Å². The summed E-state index contributed by atoms with van der Waals surface area (Å²) >= 11 is 0. The third kappa shape index (κ3) is 4.87. The van der Waals surface area contributed by atoms with Crippen molar-refractivity contribution in [1.82, 2.24) is 24.6 Å². The number of hydrogen-bond donors (Lipinski definition) is 0. The van der Waals surface area contributed by atoms with E-state index in [1.165, 1.54) is 4.90 Å². The van der Waals surface area contributed by atoms with Gasteiger partial charge in [-0.3, -0.25) is 28.9 Å². The van der Waals surface area contributed by atoms with Crippen LogP contribution in [0.4, 0.5) is 0 Å². The first-order valence-electron chi connectivity index (χ1n) is 11.8. The summed E-state index contributed by atoms with van der Waals surface area (Å²) in [5.41, 5.74) is 3.11. The van der Waals surface area contributed by atoms with Crippen LogP contribution in [0.15, 0.2) is 54.9 Å². The number of aromatic nitrogens is 3. The van der Waals surface area contributed by atoms with Crippen molar-refractivity contribution in [1.29, 1.82) is 0 Å². The lowest BCUT2D eigenvalue weighted by Crippen LogP contribution is -2.43. The first-order chi connectivity index (χ1) is 16.7. The van der Waals surface area contributed by atoms with Gasteiger partial charge in [-0.1, -0.05) is 30.3 Å². The predicted octanol–water partition coefficient (Wildman–Crippen LogP) is 2.95. The molecule has 0 bridgehead atoms. The van der Waals surface area contributed by atoms with E-state index in [0.717, 1.165) is 28.1 Å². The Kier molecular flexibility index (Phi) is 6.82. The van der Waals surface area contributed by atoms with Gasteiger partial charge in [-0.2, -0.15) is 5.10 Å². The summed E-state index contributed by atoms with van der Waals surface area (Å²) < 4.78 is 1.87. The van der Waals surface area contributed by atoms with Gasteiger partial charge in [-0.05, 0) is 49.6 Å². The highest BCUT2D eigenvalue weighted by atomic mass is 16.2. The molecule has 0 radical (unpaired) electrons. The van der Waals surface area contributed by atoms with E-state index in [1.807, 2.05) is 61.9 Å². The summed E-state index contributed by atoms with van der Waals surface area (Å²) in [4.78, 5) is 47.4. The molecule has 0 spiro atoms. The van der Waals surface area contributed by atoms with Crippen molar-refractivity contribution in [2.24, 2.45) is 0 Å². The standard InChI is InChI=1S/C27H31N5O3/c1-19-8-5-6-10-23(19)27(15-24(33)30(4)12-13-32-21(3)14-20(2)29-32)16-25(34)31(26(27)35)18-22-9-7-11-28-17-22/h5-11,14,17H,12-13,15-16,18H2,1-4H3/t27-/m0/s1. The van der Waals surface area contributed by atoms with Gasteiger partial charge in [0.15, 0.2) is 0 Å². The number of hydrogen-bond acceptors (Lipinski definition) is 5. The monoisotopic (exact) mass is 473 g/mol. The molecule has 182 valence electrons. The smallest absolute Gasteiger partial charge is 0.241 e. The molecule has 8 heteroatoms. The zero-order chi connectivity index (χ0) is 25.2. The minimum atomic E-state index is -1.23. The Morgan fingerprint density at radius 1 is 1.11 bits per heavy atom. The Morgan fingerprint density at radius 2 is 1.89 bits per heavy atom. The number of benzene rings is 1. The Bertz CT molecular complexity index is 1250. The molecule has 8 nitrogen and oxygen atoms in total. The fourth-order valence-electron chi connectivity index (χ4n) is 4.85. The third-order valence-corrected chi connectivity index (χ3v) is 6.76. The van der Waals surface area contributed by atoms with Gasteiger partial charge in [0.1, 0.15) is 0 Å². The van der Waals surface area contributed by atoms with E-state index in [9.17, 15) is 14.4 Å². The summed E-state index contributed by atoms with van der Waals surface area (Å²) in [7, 11) is 1.73. The minimum absolute atomic E-state index is 0.0337. The zero-order valence-corrected chi connectivity index (χ0v) is 20.7. The van der Waals surface area contributed by atoms with Crippen LogP contribution in [0.1, 0.15) is 40.9 Å². The van der Waals surface area contributed by atoms with Gasteiger partial charge >= 0.3 is 0 Å². The molecule has 3 aromatic rings. The van der Waals surface area contributed by atoms with Gasteiger partial charge in [0.25, 0.3) is 0 Å². The lowest BCUT2D eigenvalue weighted by atomic mass is 9.74. The molecule has 0 aliphatic carbocycles. The number of carbonyl (C=O) groups excluding carboxylic acids is 3. The van der Waals surface area contributed by atoms with Gasteiger partial charge in [0.2, 0.25) is 17.7 Å². The highest BCUT2D eigenvalue weighted by Crippen LogP contribution is 2.42. The number of nitrogens with zero attached hydrogens (tertiary/aromatic N) is 5. The molecule has 0 unspecified atom stereocenters. The van der Waals surface area contributed by atoms with Crippen molar-refractivity contribution in [2.75, 3.05) is 13.6 Å². The maximum absolute atomic E-state index is 13.9. The molecular weight excluding hydrogens is 442 g/mol. The molecule has 3 amide bonds. The van der Waals surface area contributed by atoms with Gasteiger partial charge < -0.3 is 4.90 Å². The van der Waals surface area contributed by atoms with Crippen LogP contribution in [0, 0.1) is 20.8 Å². The number of amides is 3. The van der Waals surface area contributed by atoms with E-state index in [2.05, 4.69) is 10.1 Å². The predicted molar refractivity (Wildman–Crippen MR) is 131 cm³/mol. The summed E-state index contributed by atoms with van der Waals surface area (Å²) in [6, 6.07) is 13.1. The maximum Gasteiger partial charge on any atom is 0.241 e. The fraction of sp³-hybridized carbons (Fsp3) is 0.370. The number of likely N-dealkylation sites (tertiary alicyclic amines) is 1. The number of likely N-dealkylation sites (N-methyl/N-ethyl adjacent to an activating group) is 1. The zero-order valence-electron chi connectivity index (χ0n) is 20.7. The van der Waals surface area contributed by atoms with Crippen LogP contribution in [0.3, 0.4) is 0 Å². The van der Waals surface area contributed by atoms with Crippen molar-refractivity contribution in [3.8, 4) is 0 Å². The Morgan fingerprint density at radius 3 is 2.54 bits per heavy atom. The molecule has 2 aromatic heterocycles. The average Bonchev–Trinajstić information content (AvgIpc) is 3.28. The van der Waals surface area contributed by atoms with E-state index in [-0.39, 0.29) is 37.1 Å². The molecule has 1 aromatic carbocycles. The van der Waals surface area contributed by atoms with Crippen molar-refractivity contribution in [3.05, 3.63) is 82.9 Å². The highest BCUT2D eigenvalue weighted by molar-refractivity contribution is 6.10. The number of pyridine rings is 1. The number of aryl methyl sites for hydroxylation is 3. The summed E-state index contributed by atoms with van der Waals surface area (Å²) in [5.74, 6) is -0.791. The van der Waals surface area contributed by atoms with Crippen LogP contribution >= 0.6 is 0 Å². The van der Waals surface area contributed by atoms with Gasteiger partial charge in [-0.15, -0.1) is 0 Å². The van der Waals surface area contributed by atoms with Crippen molar-refractivity contribution in [3.63, 3.8) is 0 Å². The Hall–Kier alpha value is -3.81. The molecule has 3 heterocycles. The second-order valence-electron chi connectivity index (χ2n) is 9.36. The molecule has 1 aliphatic rings. The largest absolute Gasteiger partial charge is 0.344 e. The topological polar surface area (TPSA) is 88.4 Å². The SMILES string of the molecule is Cc1cc(C)n(CCN(C)C(=O)C[C@@]2(c3ccccc3C)CC(=O)N(Cc3cccnc3)C2=O)n1. The first-order valence-corrected chi connectivity index (χ1v) is 11.8. The summed E-state index contributed by atoms with van der Waals surface area (Å²) in [6.45, 7) is 6.97. The molecule has 35 heavy (non-hydrogen) atoms. The van der Waals surface area contributed by atoms with Crippen LogP contribution in [0.25, 0.3) is 0 Å². The molecule has 1 atom stereocenters. The van der Waals surface area contributed by atoms with E-state index in [4.69, 9.17) is 0 Å². The fourth-order valence-corrected chi connectivity index (χ4v) is 4.85. The van der Waals surface area contributed by atoms with Gasteiger partial charge in [0, 0.05) is 44.5 Å². The minimum Gasteiger partial charge on any atom is -0.344 e. The van der Waals surface area contributed by atoms with Crippen LogP contribution in [0.5, 0.6) is 0 Å². The first kappa shape index (κ1) is 24.3. The van der Waals surface area contributed by atoms with Gasteiger partial charge in [-0.25, -0.2) is 0 Å². The molecule has 0 N–H and O–H groups in total. The maximum atomic E-state index is 13.9. The molecule has 1 saturated heterocycles. The summed E-state index contributed by atoms with van der Waals surface area (Å²) in [5, 5.41) is 4.46. The number of rotatable bonds is 8. The van der Waals surface area contributed by atoms with Crippen LogP contribution < -0.4 is 0 Å². The average molecular weight is 474 g/mol. The Balaban J connectivity index is 1.59. The van der Waals surface area contributed by atoms with Crippen molar-refractivity contribution < 1.29 is 14.4 Å².